The summed E-state index contributed by atoms with van der Waals surface area (Å²) in [6, 6.07) is 11.9. The van der Waals surface area contributed by atoms with Crippen LogP contribution in [0.1, 0.15) is 39.1 Å². The van der Waals surface area contributed by atoms with Crippen LogP contribution in [0.4, 0.5) is 0 Å². The number of fused-ring (bicyclic) bond motifs is 1. The van der Waals surface area contributed by atoms with Gasteiger partial charge in [-0.2, -0.15) is 0 Å². The standard InChI is InChI=1S/C20H18ClNO5/c1-13-11-14(8-9-17(13)21)26-10-4-7-18(23)27-12-22-19(24)15-5-2-3-6-16(15)20(22)25/h2-3,5-6,8-9,11H,4,7,10,12H2,1H3. The van der Waals surface area contributed by atoms with Gasteiger partial charge in [0.1, 0.15) is 5.75 Å². The highest BCUT2D eigenvalue weighted by Gasteiger charge is 2.35. The monoisotopic (exact) mass is 387 g/mol. The van der Waals surface area contributed by atoms with Crippen LogP contribution in [0.5, 0.6) is 5.75 Å². The highest BCUT2D eigenvalue weighted by molar-refractivity contribution is 6.31. The van der Waals surface area contributed by atoms with Crippen LogP contribution in [0, 0.1) is 6.92 Å². The fourth-order valence-electron chi connectivity index (χ4n) is 2.68. The molecule has 0 saturated heterocycles. The number of benzene rings is 2. The van der Waals surface area contributed by atoms with Gasteiger partial charge in [-0.1, -0.05) is 23.7 Å². The molecule has 0 spiro atoms. The summed E-state index contributed by atoms with van der Waals surface area (Å²) < 4.78 is 10.6. The van der Waals surface area contributed by atoms with E-state index in [1.165, 1.54) is 0 Å². The second-order valence-electron chi connectivity index (χ2n) is 6.09. The van der Waals surface area contributed by atoms with Gasteiger partial charge < -0.3 is 9.47 Å². The first-order valence-corrected chi connectivity index (χ1v) is 8.85. The van der Waals surface area contributed by atoms with Crippen molar-refractivity contribution in [3.63, 3.8) is 0 Å². The lowest BCUT2D eigenvalue weighted by Gasteiger charge is -2.14. The molecule has 0 N–H and O–H groups in total. The van der Waals surface area contributed by atoms with E-state index < -0.39 is 17.8 Å². The highest BCUT2D eigenvalue weighted by atomic mass is 35.5. The molecule has 0 aromatic heterocycles. The van der Waals surface area contributed by atoms with Gasteiger partial charge in [0.15, 0.2) is 6.73 Å². The number of amides is 2. The zero-order valence-corrected chi connectivity index (χ0v) is 15.5. The summed E-state index contributed by atoms with van der Waals surface area (Å²) in [5.74, 6) is -0.728. The molecule has 2 aromatic carbocycles. The molecule has 6 nitrogen and oxygen atoms in total. The van der Waals surface area contributed by atoms with Crippen molar-refractivity contribution in [1.29, 1.82) is 0 Å². The number of carbonyl (C=O) groups is 3. The second kappa shape index (κ2) is 8.22. The number of nitrogens with zero attached hydrogens (tertiary/aromatic N) is 1. The lowest BCUT2D eigenvalue weighted by molar-refractivity contribution is -0.146. The normalized spacial score (nSPS) is 12.9. The molecule has 140 valence electrons. The van der Waals surface area contributed by atoms with Crippen molar-refractivity contribution in [3.8, 4) is 5.75 Å². The first-order chi connectivity index (χ1) is 13.0. The molecule has 0 atom stereocenters. The molecule has 2 aromatic rings. The predicted molar refractivity (Wildman–Crippen MR) is 98.8 cm³/mol. The van der Waals surface area contributed by atoms with Crippen LogP contribution in [0.2, 0.25) is 5.02 Å². The van der Waals surface area contributed by atoms with Gasteiger partial charge in [-0.15, -0.1) is 0 Å². The third kappa shape index (κ3) is 4.28. The molecule has 1 aliphatic heterocycles. The summed E-state index contributed by atoms with van der Waals surface area (Å²) in [5.41, 5.74) is 1.56. The number of imide groups is 1. The molecule has 0 unspecified atom stereocenters. The summed E-state index contributed by atoms with van der Waals surface area (Å²) in [7, 11) is 0. The summed E-state index contributed by atoms with van der Waals surface area (Å²) >= 11 is 5.95. The summed E-state index contributed by atoms with van der Waals surface area (Å²) in [4.78, 5) is 37.1. The van der Waals surface area contributed by atoms with Crippen molar-refractivity contribution in [1.82, 2.24) is 4.90 Å². The molecular weight excluding hydrogens is 370 g/mol. The van der Waals surface area contributed by atoms with Gasteiger partial charge in [-0.25, -0.2) is 4.90 Å². The van der Waals surface area contributed by atoms with Crippen LogP contribution in [0.15, 0.2) is 42.5 Å². The van der Waals surface area contributed by atoms with E-state index in [9.17, 15) is 14.4 Å². The van der Waals surface area contributed by atoms with E-state index in [4.69, 9.17) is 21.1 Å². The quantitative estimate of drug-likeness (QED) is 0.412. The zero-order chi connectivity index (χ0) is 19.4. The molecule has 2 amide bonds. The molecule has 1 aliphatic rings. The van der Waals surface area contributed by atoms with E-state index in [0.29, 0.717) is 34.9 Å². The minimum atomic E-state index is -0.498. The van der Waals surface area contributed by atoms with Gasteiger partial charge in [0.2, 0.25) is 0 Å². The van der Waals surface area contributed by atoms with E-state index >= 15 is 0 Å². The van der Waals surface area contributed by atoms with Gasteiger partial charge in [0, 0.05) is 11.4 Å². The Labute approximate surface area is 161 Å². The number of aryl methyl sites for hydroxylation is 1. The average Bonchev–Trinajstić information content (AvgIpc) is 2.91. The van der Waals surface area contributed by atoms with Crippen LogP contribution in [0.25, 0.3) is 0 Å². The Kier molecular flexibility index (Phi) is 5.76. The Bertz CT molecular complexity index is 861. The number of ether oxygens (including phenoxy) is 2. The Balaban J connectivity index is 1.41. The third-order valence-electron chi connectivity index (χ3n) is 4.16. The maximum atomic E-state index is 12.2. The maximum absolute atomic E-state index is 12.2. The van der Waals surface area contributed by atoms with E-state index in [0.717, 1.165) is 10.5 Å². The smallest absolute Gasteiger partial charge is 0.307 e. The highest BCUT2D eigenvalue weighted by Crippen LogP contribution is 2.23. The molecule has 0 aliphatic carbocycles. The largest absolute Gasteiger partial charge is 0.494 e. The third-order valence-corrected chi connectivity index (χ3v) is 4.58. The summed E-state index contributed by atoms with van der Waals surface area (Å²) in [6.07, 6.45) is 0.568. The first-order valence-electron chi connectivity index (χ1n) is 8.47. The molecule has 3 rings (SSSR count). The fourth-order valence-corrected chi connectivity index (χ4v) is 2.80. The summed E-state index contributed by atoms with van der Waals surface area (Å²) in [5, 5.41) is 0.666. The second-order valence-corrected chi connectivity index (χ2v) is 6.50. The Morgan fingerprint density at radius 3 is 2.37 bits per heavy atom. The number of hydrogen-bond acceptors (Lipinski definition) is 5. The minimum absolute atomic E-state index is 0.121. The molecular formula is C20H18ClNO5. The molecule has 27 heavy (non-hydrogen) atoms. The lowest BCUT2D eigenvalue weighted by Crippen LogP contribution is -2.33. The van der Waals surface area contributed by atoms with E-state index in [1.807, 2.05) is 13.0 Å². The van der Waals surface area contributed by atoms with Crippen LogP contribution >= 0.6 is 11.6 Å². The molecule has 1 heterocycles. The number of halogens is 1. The Hall–Kier alpha value is -2.86. The number of carbonyl (C=O) groups excluding carboxylic acids is 3. The van der Waals surface area contributed by atoms with E-state index in [-0.39, 0.29) is 13.2 Å². The molecule has 0 radical (unpaired) electrons. The first kappa shape index (κ1) is 18.9. The maximum Gasteiger partial charge on any atom is 0.307 e. The van der Waals surface area contributed by atoms with Gasteiger partial charge >= 0.3 is 5.97 Å². The number of esters is 1. The van der Waals surface area contributed by atoms with Crippen LogP contribution in [0.3, 0.4) is 0 Å². The molecule has 0 saturated carbocycles. The number of hydrogen-bond donors (Lipinski definition) is 0. The topological polar surface area (TPSA) is 72.9 Å². The van der Waals surface area contributed by atoms with Crippen molar-refractivity contribution >= 4 is 29.4 Å². The molecule has 0 bridgehead atoms. The molecule has 7 heteroatoms. The Morgan fingerprint density at radius 2 is 1.74 bits per heavy atom. The van der Waals surface area contributed by atoms with E-state index in [2.05, 4.69) is 0 Å². The predicted octanol–water partition coefficient (Wildman–Crippen LogP) is 3.60. The van der Waals surface area contributed by atoms with E-state index in [1.54, 1.807) is 36.4 Å². The van der Waals surface area contributed by atoms with Crippen LogP contribution in [-0.4, -0.2) is 36.0 Å². The van der Waals surface area contributed by atoms with Crippen molar-refractivity contribution in [3.05, 3.63) is 64.2 Å². The van der Waals surface area contributed by atoms with Crippen molar-refractivity contribution in [2.45, 2.75) is 19.8 Å². The SMILES string of the molecule is Cc1cc(OCCCC(=O)OCN2C(=O)c3ccccc3C2=O)ccc1Cl. The van der Waals surface area contributed by atoms with Gasteiger partial charge in [0.05, 0.1) is 17.7 Å². The minimum Gasteiger partial charge on any atom is -0.494 e. The van der Waals surface area contributed by atoms with Crippen LogP contribution < -0.4 is 4.74 Å². The molecule has 0 fully saturated rings. The van der Waals surface area contributed by atoms with Crippen molar-refractivity contribution < 1.29 is 23.9 Å². The van der Waals surface area contributed by atoms with Crippen LogP contribution in [-0.2, 0) is 9.53 Å². The van der Waals surface area contributed by atoms with Gasteiger partial charge in [-0.05, 0) is 49.2 Å². The average molecular weight is 388 g/mol. The van der Waals surface area contributed by atoms with Crippen molar-refractivity contribution in [2.24, 2.45) is 0 Å². The van der Waals surface area contributed by atoms with Gasteiger partial charge in [-0.3, -0.25) is 14.4 Å². The van der Waals surface area contributed by atoms with Crippen molar-refractivity contribution in [2.75, 3.05) is 13.3 Å². The van der Waals surface area contributed by atoms with Gasteiger partial charge in [0.25, 0.3) is 11.8 Å². The number of rotatable bonds is 7. The zero-order valence-electron chi connectivity index (χ0n) is 14.7. The lowest BCUT2D eigenvalue weighted by atomic mass is 10.1. The fraction of sp³-hybridized carbons (Fsp3) is 0.250. The Morgan fingerprint density at radius 1 is 1.07 bits per heavy atom. The summed E-state index contributed by atoms with van der Waals surface area (Å²) in [6.45, 7) is 1.83.